The van der Waals surface area contributed by atoms with Crippen LogP contribution in [-0.4, -0.2) is 35.8 Å². The van der Waals surface area contributed by atoms with E-state index in [0.717, 1.165) is 5.56 Å². The third kappa shape index (κ3) is 6.61. The Bertz CT molecular complexity index is 1530. The predicted molar refractivity (Wildman–Crippen MR) is 143 cm³/mol. The second-order valence-corrected chi connectivity index (χ2v) is 7.95. The van der Waals surface area contributed by atoms with Gasteiger partial charge in [0.1, 0.15) is 11.6 Å². The smallest absolute Gasteiger partial charge is 0.270 e. The maximum atomic E-state index is 12.4. The molecule has 0 aliphatic heterocycles. The van der Waals surface area contributed by atoms with E-state index in [9.17, 15) is 14.9 Å². The van der Waals surface area contributed by atoms with Crippen LogP contribution in [0.15, 0.2) is 88.8 Å². The molecule has 190 valence electrons. The number of nitrogens with zero attached hydrogens (tertiary/aromatic N) is 3. The fourth-order valence-corrected chi connectivity index (χ4v) is 3.48. The Morgan fingerprint density at radius 3 is 2.53 bits per heavy atom. The average Bonchev–Trinajstić information content (AvgIpc) is 2.96. The Hall–Kier alpha value is -5.43. The number of nitrogens with one attached hydrogen (secondary N) is 3. The van der Waals surface area contributed by atoms with Crippen LogP contribution in [0.3, 0.4) is 0 Å². The third-order valence-electron chi connectivity index (χ3n) is 5.34. The van der Waals surface area contributed by atoms with Gasteiger partial charge in [-0.2, -0.15) is 10.4 Å². The highest BCUT2D eigenvalue weighted by atomic mass is 16.5. The molecule has 0 unspecified atom stereocenters. The molecule has 0 aliphatic carbocycles. The van der Waals surface area contributed by atoms with Gasteiger partial charge in [0, 0.05) is 12.1 Å². The summed E-state index contributed by atoms with van der Waals surface area (Å²) in [5.41, 5.74) is 4.57. The van der Waals surface area contributed by atoms with Crippen LogP contribution in [0.4, 0.5) is 5.95 Å². The Balaban J connectivity index is 1.39. The molecule has 0 bridgehead atoms. The number of hydrazone groups is 1. The summed E-state index contributed by atoms with van der Waals surface area (Å²) in [7, 11) is 1.49. The van der Waals surface area contributed by atoms with E-state index in [1.54, 1.807) is 42.5 Å². The molecule has 10 nitrogen and oxygen atoms in total. The lowest BCUT2D eigenvalue weighted by molar-refractivity contribution is -0.123. The van der Waals surface area contributed by atoms with E-state index < -0.39 is 5.56 Å². The molecule has 4 rings (SSSR count). The summed E-state index contributed by atoms with van der Waals surface area (Å²) in [6.45, 7) is 0.244. The number of carbonyl (C=O) groups excluding carboxylic acids is 1. The lowest BCUT2D eigenvalue weighted by atomic mass is 10.1. The van der Waals surface area contributed by atoms with Crippen molar-refractivity contribution in [3.63, 3.8) is 0 Å². The molecule has 0 atom stereocenters. The number of hydrogen-bond acceptors (Lipinski definition) is 8. The number of hydrogen-bond donors (Lipinski definition) is 3. The summed E-state index contributed by atoms with van der Waals surface area (Å²) in [5.74, 6) is 0.640. The molecular formula is C28H24N6O4. The van der Waals surface area contributed by atoms with Crippen LogP contribution in [0.5, 0.6) is 11.5 Å². The molecule has 3 aromatic carbocycles. The van der Waals surface area contributed by atoms with Crippen LogP contribution >= 0.6 is 0 Å². The molecule has 3 N–H and O–H groups in total. The Morgan fingerprint density at radius 2 is 1.82 bits per heavy atom. The number of amides is 1. The van der Waals surface area contributed by atoms with Crippen molar-refractivity contribution in [2.24, 2.45) is 5.10 Å². The Morgan fingerprint density at radius 1 is 1.08 bits per heavy atom. The number of methoxy groups -OCH3 is 1. The Kier molecular flexibility index (Phi) is 8.44. The van der Waals surface area contributed by atoms with Crippen molar-refractivity contribution in [3.8, 4) is 28.8 Å². The van der Waals surface area contributed by atoms with E-state index in [0.29, 0.717) is 29.2 Å². The Labute approximate surface area is 218 Å². The number of ether oxygens (including phenoxy) is 2. The number of carbonyl (C=O) groups is 1. The van der Waals surface area contributed by atoms with E-state index in [-0.39, 0.29) is 29.7 Å². The molecule has 0 radical (unpaired) electrons. The normalized spacial score (nSPS) is 10.5. The lowest BCUT2D eigenvalue weighted by Gasteiger charge is -2.11. The predicted octanol–water partition coefficient (Wildman–Crippen LogP) is 3.46. The van der Waals surface area contributed by atoms with Gasteiger partial charge in [0.15, 0.2) is 18.1 Å². The molecule has 4 aromatic rings. The van der Waals surface area contributed by atoms with Crippen molar-refractivity contribution in [1.29, 1.82) is 5.26 Å². The maximum absolute atomic E-state index is 12.4. The molecule has 0 fully saturated rings. The zero-order valence-electron chi connectivity index (χ0n) is 20.5. The van der Waals surface area contributed by atoms with Crippen molar-refractivity contribution in [1.82, 2.24) is 15.3 Å². The summed E-state index contributed by atoms with van der Waals surface area (Å²) < 4.78 is 11.0. The van der Waals surface area contributed by atoms with Gasteiger partial charge < -0.3 is 14.8 Å². The number of H-pyrrole nitrogens is 1. The lowest BCUT2D eigenvalue weighted by Crippen LogP contribution is -2.28. The largest absolute Gasteiger partial charge is 0.493 e. The van der Waals surface area contributed by atoms with E-state index in [1.165, 1.54) is 13.3 Å². The number of aromatic amines is 1. The molecule has 10 heteroatoms. The quantitative estimate of drug-likeness (QED) is 0.220. The summed E-state index contributed by atoms with van der Waals surface area (Å²) >= 11 is 0. The summed E-state index contributed by atoms with van der Waals surface area (Å²) in [4.78, 5) is 31.4. The molecule has 38 heavy (non-hydrogen) atoms. The molecule has 0 saturated carbocycles. The number of nitriles is 1. The highest BCUT2D eigenvalue weighted by Gasteiger charge is 2.13. The van der Waals surface area contributed by atoms with Crippen LogP contribution in [0.1, 0.15) is 16.7 Å². The van der Waals surface area contributed by atoms with Gasteiger partial charge in [-0.05, 0) is 29.3 Å². The molecule has 1 aromatic heterocycles. The second-order valence-electron chi connectivity index (χ2n) is 7.95. The van der Waals surface area contributed by atoms with Gasteiger partial charge in [0.2, 0.25) is 5.95 Å². The first-order chi connectivity index (χ1) is 18.6. The van der Waals surface area contributed by atoms with Crippen molar-refractivity contribution in [2.75, 3.05) is 19.1 Å². The van der Waals surface area contributed by atoms with Gasteiger partial charge >= 0.3 is 0 Å². The van der Waals surface area contributed by atoms with Crippen LogP contribution < -0.4 is 25.8 Å². The fourth-order valence-electron chi connectivity index (χ4n) is 3.48. The highest BCUT2D eigenvalue weighted by molar-refractivity contribution is 5.81. The van der Waals surface area contributed by atoms with Crippen molar-refractivity contribution >= 4 is 18.1 Å². The van der Waals surface area contributed by atoms with Crippen molar-refractivity contribution in [2.45, 2.75) is 6.54 Å². The molecule has 0 saturated heterocycles. The van der Waals surface area contributed by atoms with Crippen LogP contribution in [0.2, 0.25) is 0 Å². The van der Waals surface area contributed by atoms with E-state index >= 15 is 0 Å². The minimum Gasteiger partial charge on any atom is -0.493 e. The zero-order chi connectivity index (χ0) is 26.7. The molecule has 0 spiro atoms. The van der Waals surface area contributed by atoms with Crippen molar-refractivity contribution < 1.29 is 14.3 Å². The van der Waals surface area contributed by atoms with Gasteiger partial charge in [-0.3, -0.25) is 14.6 Å². The summed E-state index contributed by atoms with van der Waals surface area (Å²) in [6.07, 6.45) is 1.50. The summed E-state index contributed by atoms with van der Waals surface area (Å²) in [6, 6.07) is 25.5. The fraction of sp³-hybridized carbons (Fsp3) is 0.107. The SMILES string of the molecule is COc1cc(C=NNc2nc(-c3ccccc3)c(C#N)c(=O)[nH]2)ccc1OCC(=O)NCc1ccccc1. The first-order valence-corrected chi connectivity index (χ1v) is 11.6. The standard InChI is InChI=1S/C28H24N6O4/c1-37-24-14-20(12-13-23(24)38-18-25(35)30-16-19-8-4-2-5-9-19)17-31-34-28-32-26(21-10-6-3-7-11-21)22(15-29)27(36)33-28/h2-14,17H,16,18H2,1H3,(H,30,35)(H2,32,33,34,36). The van der Waals surface area contributed by atoms with Gasteiger partial charge in [-0.1, -0.05) is 60.7 Å². The minimum absolute atomic E-state index is 0.0811. The molecule has 1 amide bonds. The molecule has 1 heterocycles. The zero-order valence-corrected chi connectivity index (χ0v) is 20.5. The van der Waals surface area contributed by atoms with Gasteiger partial charge in [0.25, 0.3) is 11.5 Å². The third-order valence-corrected chi connectivity index (χ3v) is 5.34. The topological polar surface area (TPSA) is 141 Å². The highest BCUT2D eigenvalue weighted by Crippen LogP contribution is 2.27. The number of anilines is 1. The van der Waals surface area contributed by atoms with Crippen molar-refractivity contribution in [3.05, 3.63) is 106 Å². The van der Waals surface area contributed by atoms with E-state index in [2.05, 4.69) is 25.8 Å². The number of rotatable bonds is 10. The van der Waals surface area contributed by atoms with Gasteiger partial charge in [0.05, 0.1) is 19.0 Å². The number of aromatic nitrogens is 2. The summed E-state index contributed by atoms with van der Waals surface area (Å²) in [5, 5.41) is 16.3. The molecule has 0 aliphatic rings. The maximum Gasteiger partial charge on any atom is 0.270 e. The first-order valence-electron chi connectivity index (χ1n) is 11.6. The van der Waals surface area contributed by atoms with Crippen LogP contribution in [-0.2, 0) is 11.3 Å². The number of benzene rings is 3. The average molecular weight is 509 g/mol. The van der Waals surface area contributed by atoms with Crippen LogP contribution in [0, 0.1) is 11.3 Å². The monoisotopic (exact) mass is 508 g/mol. The minimum atomic E-state index is -0.574. The van der Waals surface area contributed by atoms with Gasteiger partial charge in [-0.25, -0.2) is 10.4 Å². The first kappa shape index (κ1) is 25.7. The second kappa shape index (κ2) is 12.5. The van der Waals surface area contributed by atoms with Gasteiger partial charge in [-0.15, -0.1) is 0 Å². The molecular weight excluding hydrogens is 484 g/mol. The van der Waals surface area contributed by atoms with E-state index in [4.69, 9.17) is 9.47 Å². The van der Waals surface area contributed by atoms with Crippen LogP contribution in [0.25, 0.3) is 11.3 Å². The van der Waals surface area contributed by atoms with E-state index in [1.807, 2.05) is 42.5 Å².